The molecule has 1 saturated heterocycles. The molecular formula is C23H27N3O4S. The van der Waals surface area contributed by atoms with Gasteiger partial charge in [-0.1, -0.05) is 12.1 Å². The zero-order valence-corrected chi connectivity index (χ0v) is 18.4. The van der Waals surface area contributed by atoms with Crippen molar-refractivity contribution < 1.29 is 18.0 Å². The highest BCUT2D eigenvalue weighted by atomic mass is 32.2. The number of hydrogen-bond acceptors (Lipinski definition) is 4. The van der Waals surface area contributed by atoms with Gasteiger partial charge in [0.25, 0.3) is 0 Å². The Hall–Kier alpha value is -2.71. The van der Waals surface area contributed by atoms with Gasteiger partial charge in [-0.2, -0.15) is 4.31 Å². The maximum Gasteiger partial charge on any atom is 0.243 e. The molecule has 0 saturated carbocycles. The number of piperidine rings is 1. The number of carbonyl (C=O) groups excluding carboxylic acids is 2. The molecule has 2 aliphatic rings. The summed E-state index contributed by atoms with van der Waals surface area (Å²) in [6.45, 7) is 2.51. The Balaban J connectivity index is 1.50. The van der Waals surface area contributed by atoms with E-state index >= 15 is 0 Å². The molecule has 1 fully saturated rings. The number of benzene rings is 2. The molecule has 1 atom stereocenters. The van der Waals surface area contributed by atoms with Crippen LogP contribution in [-0.2, 0) is 26.0 Å². The van der Waals surface area contributed by atoms with Crippen molar-refractivity contribution in [3.8, 4) is 0 Å². The third kappa shape index (κ3) is 4.80. The molecule has 2 aromatic carbocycles. The minimum atomic E-state index is -3.73. The maximum atomic E-state index is 13.3. The SMILES string of the molecule is Cc1cccc(NC(=O)[C@H]2CCCN(S(=O)(=O)c3ccc4c(c3)CCCC(=O)N4)C2)c1. The second-order valence-corrected chi connectivity index (χ2v) is 10.2. The number of anilines is 2. The zero-order chi connectivity index (χ0) is 22.0. The first kappa shape index (κ1) is 21.5. The number of nitrogens with one attached hydrogen (secondary N) is 2. The number of sulfonamides is 1. The third-order valence-corrected chi connectivity index (χ3v) is 7.74. The van der Waals surface area contributed by atoms with Gasteiger partial charge in [0, 0.05) is 30.9 Å². The Bertz CT molecular complexity index is 1110. The zero-order valence-electron chi connectivity index (χ0n) is 17.6. The normalized spacial score (nSPS) is 19.8. The van der Waals surface area contributed by atoms with Gasteiger partial charge < -0.3 is 10.6 Å². The van der Waals surface area contributed by atoms with Crippen LogP contribution in [0.2, 0.25) is 0 Å². The number of hydrogen-bond donors (Lipinski definition) is 2. The number of fused-ring (bicyclic) bond motifs is 1. The molecule has 2 aliphatic heterocycles. The van der Waals surface area contributed by atoms with Gasteiger partial charge in [-0.05, 0) is 74.1 Å². The van der Waals surface area contributed by atoms with E-state index in [0.29, 0.717) is 44.3 Å². The van der Waals surface area contributed by atoms with E-state index in [9.17, 15) is 18.0 Å². The van der Waals surface area contributed by atoms with Crippen LogP contribution in [-0.4, -0.2) is 37.6 Å². The van der Waals surface area contributed by atoms with Crippen molar-refractivity contribution in [2.45, 2.75) is 43.9 Å². The molecular weight excluding hydrogens is 414 g/mol. The molecule has 8 heteroatoms. The van der Waals surface area contributed by atoms with Crippen LogP contribution in [0.25, 0.3) is 0 Å². The average molecular weight is 442 g/mol. The molecule has 31 heavy (non-hydrogen) atoms. The summed E-state index contributed by atoms with van der Waals surface area (Å²) in [5.74, 6) is -0.604. The minimum Gasteiger partial charge on any atom is -0.326 e. The second-order valence-electron chi connectivity index (χ2n) is 8.28. The Morgan fingerprint density at radius 3 is 2.77 bits per heavy atom. The summed E-state index contributed by atoms with van der Waals surface area (Å²) in [4.78, 5) is 24.7. The number of rotatable bonds is 4. The minimum absolute atomic E-state index is 0.0483. The van der Waals surface area contributed by atoms with Gasteiger partial charge in [-0.15, -0.1) is 0 Å². The Kier molecular flexibility index (Phi) is 6.11. The quantitative estimate of drug-likeness (QED) is 0.761. The molecule has 0 spiro atoms. The average Bonchev–Trinajstić information content (AvgIpc) is 2.93. The van der Waals surface area contributed by atoms with Gasteiger partial charge in [0.05, 0.1) is 10.8 Å². The lowest BCUT2D eigenvalue weighted by Gasteiger charge is -2.31. The summed E-state index contributed by atoms with van der Waals surface area (Å²) < 4.78 is 28.0. The van der Waals surface area contributed by atoms with Crippen LogP contribution in [0.4, 0.5) is 11.4 Å². The smallest absolute Gasteiger partial charge is 0.243 e. The standard InChI is InChI=1S/C23H27N3O4S/c1-16-5-2-8-19(13-16)24-23(28)18-7-4-12-26(15-18)31(29,30)20-10-11-21-17(14-20)6-3-9-22(27)25-21/h2,5,8,10-11,13-14,18H,3-4,6-7,9,12,15H2,1H3,(H,24,28)(H,25,27)/t18-/m0/s1. The molecule has 0 radical (unpaired) electrons. The van der Waals surface area contributed by atoms with Crippen LogP contribution >= 0.6 is 0 Å². The molecule has 0 aromatic heterocycles. The lowest BCUT2D eigenvalue weighted by atomic mass is 9.98. The molecule has 0 unspecified atom stereocenters. The van der Waals surface area contributed by atoms with Crippen molar-refractivity contribution in [1.29, 1.82) is 0 Å². The predicted molar refractivity (Wildman–Crippen MR) is 119 cm³/mol. The lowest BCUT2D eigenvalue weighted by Crippen LogP contribution is -2.43. The van der Waals surface area contributed by atoms with Crippen molar-refractivity contribution in [2.24, 2.45) is 5.92 Å². The predicted octanol–water partition coefficient (Wildman–Crippen LogP) is 3.31. The highest BCUT2D eigenvalue weighted by Crippen LogP contribution is 2.29. The molecule has 0 bridgehead atoms. The molecule has 164 valence electrons. The molecule has 2 N–H and O–H groups in total. The van der Waals surface area contributed by atoms with E-state index in [-0.39, 0.29) is 23.3 Å². The molecule has 4 rings (SSSR count). The number of nitrogens with zero attached hydrogens (tertiary/aromatic N) is 1. The maximum absolute atomic E-state index is 13.3. The fourth-order valence-electron chi connectivity index (χ4n) is 4.20. The molecule has 2 heterocycles. The molecule has 7 nitrogen and oxygen atoms in total. The van der Waals surface area contributed by atoms with Gasteiger partial charge >= 0.3 is 0 Å². The summed E-state index contributed by atoms with van der Waals surface area (Å²) in [5, 5.41) is 5.74. The summed E-state index contributed by atoms with van der Waals surface area (Å²) in [5.41, 5.74) is 3.27. The summed E-state index contributed by atoms with van der Waals surface area (Å²) in [6.07, 6.45) is 3.05. The van der Waals surface area contributed by atoms with Crippen molar-refractivity contribution in [3.05, 3.63) is 53.6 Å². The fraction of sp³-hybridized carbons (Fsp3) is 0.391. The highest BCUT2D eigenvalue weighted by Gasteiger charge is 2.33. The Morgan fingerprint density at radius 1 is 1.13 bits per heavy atom. The van der Waals surface area contributed by atoms with Crippen LogP contribution < -0.4 is 10.6 Å². The summed E-state index contributed by atoms with van der Waals surface area (Å²) in [6, 6.07) is 12.4. The van der Waals surface area contributed by atoms with E-state index in [0.717, 1.165) is 16.8 Å². The van der Waals surface area contributed by atoms with Gasteiger partial charge in [0.15, 0.2) is 0 Å². The van der Waals surface area contributed by atoms with E-state index in [1.807, 2.05) is 31.2 Å². The van der Waals surface area contributed by atoms with Crippen LogP contribution in [0, 0.1) is 12.8 Å². The van der Waals surface area contributed by atoms with Crippen LogP contribution in [0.15, 0.2) is 47.4 Å². The van der Waals surface area contributed by atoms with Crippen molar-refractivity contribution >= 4 is 33.2 Å². The third-order valence-electron chi connectivity index (χ3n) is 5.88. The van der Waals surface area contributed by atoms with E-state index in [1.165, 1.54) is 10.4 Å². The monoisotopic (exact) mass is 441 g/mol. The first-order chi connectivity index (χ1) is 14.8. The van der Waals surface area contributed by atoms with E-state index < -0.39 is 15.9 Å². The number of amides is 2. The van der Waals surface area contributed by atoms with E-state index in [2.05, 4.69) is 10.6 Å². The first-order valence-corrected chi connectivity index (χ1v) is 12.1. The van der Waals surface area contributed by atoms with Crippen molar-refractivity contribution in [1.82, 2.24) is 4.31 Å². The molecule has 2 aromatic rings. The largest absolute Gasteiger partial charge is 0.326 e. The Morgan fingerprint density at radius 2 is 1.97 bits per heavy atom. The number of aryl methyl sites for hydroxylation is 2. The first-order valence-electron chi connectivity index (χ1n) is 10.6. The van der Waals surface area contributed by atoms with Gasteiger partial charge in [-0.3, -0.25) is 9.59 Å². The van der Waals surface area contributed by atoms with Crippen LogP contribution in [0.3, 0.4) is 0 Å². The topological polar surface area (TPSA) is 95.6 Å². The molecule has 0 aliphatic carbocycles. The fourth-order valence-corrected chi connectivity index (χ4v) is 5.78. The molecule has 2 amide bonds. The van der Waals surface area contributed by atoms with Gasteiger partial charge in [0.1, 0.15) is 0 Å². The highest BCUT2D eigenvalue weighted by molar-refractivity contribution is 7.89. The van der Waals surface area contributed by atoms with E-state index in [4.69, 9.17) is 0 Å². The Labute approximate surface area is 182 Å². The van der Waals surface area contributed by atoms with Crippen molar-refractivity contribution in [3.63, 3.8) is 0 Å². The second kappa shape index (κ2) is 8.80. The summed E-state index contributed by atoms with van der Waals surface area (Å²) in [7, 11) is -3.73. The lowest BCUT2D eigenvalue weighted by molar-refractivity contribution is -0.121. The van der Waals surface area contributed by atoms with Crippen molar-refractivity contribution in [2.75, 3.05) is 23.7 Å². The number of carbonyl (C=O) groups is 2. The van der Waals surface area contributed by atoms with E-state index in [1.54, 1.807) is 12.1 Å². The van der Waals surface area contributed by atoms with Crippen LogP contribution in [0.5, 0.6) is 0 Å². The van der Waals surface area contributed by atoms with Gasteiger partial charge in [-0.25, -0.2) is 8.42 Å². The summed E-state index contributed by atoms with van der Waals surface area (Å²) >= 11 is 0. The van der Waals surface area contributed by atoms with Gasteiger partial charge in [0.2, 0.25) is 21.8 Å². The van der Waals surface area contributed by atoms with Crippen LogP contribution in [0.1, 0.15) is 36.8 Å².